The molecule has 1 fully saturated rings. The molecule has 1 aliphatic heterocycles. The zero-order valence-corrected chi connectivity index (χ0v) is 18.1. The fourth-order valence-electron chi connectivity index (χ4n) is 4.58. The Labute approximate surface area is 179 Å². The molecule has 4 rings (SSSR count). The number of allylic oxidation sites excluding steroid dienone is 2. The molecule has 1 saturated heterocycles. The zero-order valence-electron chi connectivity index (χ0n) is 17.3. The third-order valence-corrected chi connectivity index (χ3v) is 8.15. The lowest BCUT2D eigenvalue weighted by Gasteiger charge is -2.28. The standard InChI is InChI=1S/C25H26N2O2S/c1-18-7-13-23(14-8-18)30(28,29)27-17-22(24-5-3-4-6-25(24)27)15-19(2)21-11-9-20(16-26)10-12-21/h3,5,7-15,22,24-25H,4,6,17H2,1-2H3/b19-15+. The summed E-state index contributed by atoms with van der Waals surface area (Å²) in [6, 6.07) is 16.8. The summed E-state index contributed by atoms with van der Waals surface area (Å²) in [5, 5.41) is 9.01. The highest BCUT2D eigenvalue weighted by atomic mass is 32.2. The molecule has 0 spiro atoms. The minimum Gasteiger partial charge on any atom is -0.207 e. The first kappa shape index (κ1) is 20.6. The molecule has 2 aromatic carbocycles. The van der Waals surface area contributed by atoms with E-state index in [2.05, 4.69) is 31.2 Å². The molecule has 4 nitrogen and oxygen atoms in total. The van der Waals surface area contributed by atoms with Crippen molar-refractivity contribution in [3.63, 3.8) is 0 Å². The molecule has 1 aliphatic carbocycles. The molecule has 0 aromatic heterocycles. The summed E-state index contributed by atoms with van der Waals surface area (Å²) in [6.07, 6.45) is 8.35. The Balaban J connectivity index is 1.65. The van der Waals surface area contributed by atoms with Crippen LogP contribution in [0.3, 0.4) is 0 Å². The van der Waals surface area contributed by atoms with E-state index in [1.165, 1.54) is 0 Å². The molecule has 2 aliphatic rings. The van der Waals surface area contributed by atoms with Crippen molar-refractivity contribution in [2.45, 2.75) is 37.6 Å². The lowest BCUT2D eigenvalue weighted by molar-refractivity contribution is 0.336. The van der Waals surface area contributed by atoms with Gasteiger partial charge in [0.25, 0.3) is 0 Å². The van der Waals surface area contributed by atoms with Crippen LogP contribution in [0, 0.1) is 30.1 Å². The highest BCUT2D eigenvalue weighted by Gasteiger charge is 2.45. The van der Waals surface area contributed by atoms with Crippen molar-refractivity contribution >= 4 is 15.6 Å². The van der Waals surface area contributed by atoms with Crippen molar-refractivity contribution in [3.8, 4) is 6.07 Å². The maximum Gasteiger partial charge on any atom is 0.243 e. The van der Waals surface area contributed by atoms with Gasteiger partial charge in [-0.05, 0) is 68.0 Å². The van der Waals surface area contributed by atoms with Crippen LogP contribution in [0.5, 0.6) is 0 Å². The Bertz CT molecular complexity index is 1120. The van der Waals surface area contributed by atoms with Crippen LogP contribution < -0.4 is 0 Å². The minimum absolute atomic E-state index is 0.00341. The monoisotopic (exact) mass is 418 g/mol. The number of nitriles is 1. The predicted octanol–water partition coefficient (Wildman–Crippen LogP) is 4.93. The van der Waals surface area contributed by atoms with E-state index >= 15 is 0 Å². The number of fused-ring (bicyclic) bond motifs is 1. The molecule has 2 aromatic rings. The Hall–Kier alpha value is -2.68. The average Bonchev–Trinajstić information content (AvgIpc) is 3.13. The molecule has 0 radical (unpaired) electrons. The number of rotatable bonds is 4. The molecule has 3 atom stereocenters. The van der Waals surface area contributed by atoms with Gasteiger partial charge in [-0.25, -0.2) is 8.42 Å². The second-order valence-electron chi connectivity index (χ2n) is 8.24. The minimum atomic E-state index is -3.53. The van der Waals surface area contributed by atoms with E-state index in [0.717, 1.165) is 29.5 Å². The van der Waals surface area contributed by atoms with Crippen LogP contribution in [0.4, 0.5) is 0 Å². The Kier molecular flexibility index (Phi) is 5.64. The third-order valence-electron chi connectivity index (χ3n) is 6.25. The number of aryl methyl sites for hydroxylation is 1. The van der Waals surface area contributed by atoms with E-state index in [1.807, 2.05) is 43.3 Å². The van der Waals surface area contributed by atoms with E-state index in [9.17, 15) is 8.42 Å². The zero-order chi connectivity index (χ0) is 21.3. The van der Waals surface area contributed by atoms with Gasteiger partial charge in [-0.2, -0.15) is 9.57 Å². The Morgan fingerprint density at radius 2 is 1.83 bits per heavy atom. The summed E-state index contributed by atoms with van der Waals surface area (Å²) in [4.78, 5) is 0.370. The van der Waals surface area contributed by atoms with Crippen molar-refractivity contribution in [3.05, 3.63) is 83.4 Å². The first-order valence-corrected chi connectivity index (χ1v) is 11.8. The van der Waals surface area contributed by atoms with Gasteiger partial charge in [-0.15, -0.1) is 0 Å². The average molecular weight is 419 g/mol. The summed E-state index contributed by atoms with van der Waals surface area (Å²) in [5.41, 5.74) is 3.85. The topological polar surface area (TPSA) is 61.2 Å². The number of hydrogen-bond donors (Lipinski definition) is 0. The van der Waals surface area contributed by atoms with Gasteiger partial charge in [0, 0.05) is 18.5 Å². The number of sulfonamides is 1. The molecule has 30 heavy (non-hydrogen) atoms. The molecule has 0 saturated carbocycles. The van der Waals surface area contributed by atoms with Gasteiger partial charge in [0.1, 0.15) is 0 Å². The Morgan fingerprint density at radius 3 is 2.50 bits per heavy atom. The first-order chi connectivity index (χ1) is 14.4. The van der Waals surface area contributed by atoms with E-state index in [4.69, 9.17) is 5.26 Å². The van der Waals surface area contributed by atoms with Crippen LogP contribution in [0.25, 0.3) is 5.57 Å². The summed E-state index contributed by atoms with van der Waals surface area (Å²) >= 11 is 0. The third kappa shape index (κ3) is 3.86. The summed E-state index contributed by atoms with van der Waals surface area (Å²) in [6.45, 7) is 4.50. The smallest absolute Gasteiger partial charge is 0.207 e. The van der Waals surface area contributed by atoms with E-state index in [-0.39, 0.29) is 17.9 Å². The summed E-state index contributed by atoms with van der Waals surface area (Å²) in [5.74, 6) is 0.315. The number of benzene rings is 2. The van der Waals surface area contributed by atoms with E-state index in [1.54, 1.807) is 16.4 Å². The molecule has 0 bridgehead atoms. The fourth-order valence-corrected chi connectivity index (χ4v) is 6.30. The van der Waals surface area contributed by atoms with Crippen LogP contribution in [0.2, 0.25) is 0 Å². The van der Waals surface area contributed by atoms with Crippen LogP contribution in [-0.4, -0.2) is 25.3 Å². The molecule has 0 N–H and O–H groups in total. The molecule has 5 heteroatoms. The van der Waals surface area contributed by atoms with Gasteiger partial charge >= 0.3 is 0 Å². The van der Waals surface area contributed by atoms with Crippen molar-refractivity contribution in [2.75, 3.05) is 6.54 Å². The van der Waals surface area contributed by atoms with E-state index < -0.39 is 10.0 Å². The molecule has 1 heterocycles. The first-order valence-electron chi connectivity index (χ1n) is 10.3. The van der Waals surface area contributed by atoms with Gasteiger partial charge in [-0.1, -0.05) is 48.1 Å². The number of hydrogen-bond acceptors (Lipinski definition) is 3. The van der Waals surface area contributed by atoms with E-state index in [0.29, 0.717) is 17.0 Å². The second-order valence-corrected chi connectivity index (χ2v) is 10.1. The molecule has 0 amide bonds. The molecule has 154 valence electrons. The van der Waals surface area contributed by atoms with Crippen molar-refractivity contribution in [1.29, 1.82) is 5.26 Å². The van der Waals surface area contributed by atoms with Crippen LogP contribution >= 0.6 is 0 Å². The van der Waals surface area contributed by atoms with Crippen LogP contribution in [0.15, 0.2) is 71.7 Å². The van der Waals surface area contributed by atoms with Gasteiger partial charge in [-0.3, -0.25) is 0 Å². The molecular formula is C25H26N2O2S. The van der Waals surface area contributed by atoms with Crippen LogP contribution in [-0.2, 0) is 10.0 Å². The summed E-state index contributed by atoms with van der Waals surface area (Å²) in [7, 11) is -3.53. The quantitative estimate of drug-likeness (QED) is 0.662. The molecular weight excluding hydrogens is 392 g/mol. The fraction of sp³-hybridized carbons (Fsp3) is 0.320. The van der Waals surface area contributed by atoms with Gasteiger partial charge in [0.05, 0.1) is 16.5 Å². The lowest BCUT2D eigenvalue weighted by atomic mass is 9.83. The SMILES string of the molecule is C/C(=C\C1CN(S(=O)(=O)c2ccc(C)cc2)C2CCC=CC12)c1ccc(C#N)cc1. The maximum atomic E-state index is 13.4. The van der Waals surface area contributed by atoms with Crippen LogP contribution in [0.1, 0.15) is 36.5 Å². The van der Waals surface area contributed by atoms with Gasteiger partial charge in [0.15, 0.2) is 0 Å². The van der Waals surface area contributed by atoms with Gasteiger partial charge in [0.2, 0.25) is 10.0 Å². The second kappa shape index (κ2) is 8.22. The Morgan fingerprint density at radius 1 is 1.13 bits per heavy atom. The normalized spacial score (nSPS) is 24.4. The summed E-state index contributed by atoms with van der Waals surface area (Å²) < 4.78 is 28.6. The largest absolute Gasteiger partial charge is 0.243 e. The van der Waals surface area contributed by atoms with Crippen molar-refractivity contribution < 1.29 is 8.42 Å². The highest BCUT2D eigenvalue weighted by Crippen LogP contribution is 2.41. The lowest BCUT2D eigenvalue weighted by Crippen LogP contribution is -2.38. The van der Waals surface area contributed by atoms with Crippen molar-refractivity contribution in [1.82, 2.24) is 4.31 Å². The van der Waals surface area contributed by atoms with Gasteiger partial charge < -0.3 is 0 Å². The predicted molar refractivity (Wildman–Crippen MR) is 119 cm³/mol. The molecule has 3 unspecified atom stereocenters. The number of nitrogens with zero attached hydrogens (tertiary/aromatic N) is 2. The maximum absolute atomic E-state index is 13.4. The van der Waals surface area contributed by atoms with Crippen molar-refractivity contribution in [2.24, 2.45) is 11.8 Å². The highest BCUT2D eigenvalue weighted by molar-refractivity contribution is 7.89.